The van der Waals surface area contributed by atoms with E-state index >= 15 is 0 Å². The smallest absolute Gasteiger partial charge is 0.264 e. The second-order valence-corrected chi connectivity index (χ2v) is 8.02. The highest BCUT2D eigenvalue weighted by atomic mass is 32.2. The minimum atomic E-state index is -4.02. The van der Waals surface area contributed by atoms with Gasteiger partial charge < -0.3 is 0 Å². The molecule has 1 fully saturated rings. The van der Waals surface area contributed by atoms with Crippen molar-refractivity contribution in [3.8, 4) is 0 Å². The molecular weight excluding hydrogens is 368 g/mol. The van der Waals surface area contributed by atoms with Crippen molar-refractivity contribution < 1.29 is 22.8 Å². The van der Waals surface area contributed by atoms with Gasteiger partial charge in [0.1, 0.15) is 0 Å². The third-order valence-electron chi connectivity index (χ3n) is 4.30. The van der Waals surface area contributed by atoms with Crippen LogP contribution in [0.15, 0.2) is 47.4 Å². The van der Waals surface area contributed by atoms with Gasteiger partial charge >= 0.3 is 0 Å². The van der Waals surface area contributed by atoms with Crippen LogP contribution >= 0.6 is 0 Å². The van der Waals surface area contributed by atoms with Crippen molar-refractivity contribution in [3.05, 3.63) is 59.2 Å². The largest absolute Gasteiger partial charge is 0.274 e. The molecule has 1 aliphatic rings. The molecule has 140 valence electrons. The molecule has 7 nitrogen and oxygen atoms in total. The maximum Gasteiger partial charge on any atom is 0.264 e. The minimum Gasteiger partial charge on any atom is -0.274 e. The number of amides is 3. The molecular formula is C19H18N2O5S. The Morgan fingerprint density at radius 1 is 0.963 bits per heavy atom. The molecule has 0 atom stereocenters. The van der Waals surface area contributed by atoms with Gasteiger partial charge in [0, 0.05) is 18.4 Å². The number of benzene rings is 2. The van der Waals surface area contributed by atoms with Crippen LogP contribution in [0.5, 0.6) is 0 Å². The highest BCUT2D eigenvalue weighted by Gasteiger charge is 2.30. The summed E-state index contributed by atoms with van der Waals surface area (Å²) in [5, 5.41) is 0. The standard InChI is InChI=1S/C19H18N2O5S/c1-12-3-4-13(2)16(11-12)27(25,26)20-19(24)14-5-7-15(8-6-14)21-17(22)9-10-18(21)23/h3-8,11H,9-10H2,1-2H3,(H,20,24). The zero-order valence-corrected chi connectivity index (χ0v) is 15.7. The maximum atomic E-state index is 12.5. The van der Waals surface area contributed by atoms with Crippen molar-refractivity contribution in [2.24, 2.45) is 0 Å². The number of hydrogen-bond acceptors (Lipinski definition) is 5. The molecule has 3 amide bonds. The number of nitrogens with one attached hydrogen (secondary N) is 1. The predicted octanol–water partition coefficient (Wildman–Crippen LogP) is 2.08. The summed E-state index contributed by atoms with van der Waals surface area (Å²) in [7, 11) is -4.02. The number of aryl methyl sites for hydroxylation is 2. The first kappa shape index (κ1) is 18.8. The van der Waals surface area contributed by atoms with Crippen LogP contribution in [0.2, 0.25) is 0 Å². The summed E-state index contributed by atoms with van der Waals surface area (Å²) >= 11 is 0. The summed E-state index contributed by atoms with van der Waals surface area (Å²) in [5.74, 6) is -1.38. The fraction of sp³-hybridized carbons (Fsp3) is 0.211. The average Bonchev–Trinajstić information content (AvgIpc) is 2.95. The number of imide groups is 1. The molecule has 2 aromatic carbocycles. The van der Waals surface area contributed by atoms with E-state index in [0.717, 1.165) is 10.5 Å². The van der Waals surface area contributed by atoms with E-state index < -0.39 is 15.9 Å². The van der Waals surface area contributed by atoms with Crippen molar-refractivity contribution in [2.45, 2.75) is 31.6 Å². The summed E-state index contributed by atoms with van der Waals surface area (Å²) in [6.45, 7) is 3.41. The van der Waals surface area contributed by atoms with Crippen LogP contribution < -0.4 is 9.62 Å². The molecule has 2 aromatic rings. The molecule has 1 aliphatic heterocycles. The number of anilines is 1. The molecule has 3 rings (SSSR count). The van der Waals surface area contributed by atoms with Crippen molar-refractivity contribution in [1.82, 2.24) is 4.72 Å². The highest BCUT2D eigenvalue weighted by Crippen LogP contribution is 2.23. The van der Waals surface area contributed by atoms with Gasteiger partial charge in [-0.05, 0) is 55.3 Å². The molecule has 0 bridgehead atoms. The lowest BCUT2D eigenvalue weighted by Crippen LogP contribution is -2.31. The summed E-state index contributed by atoms with van der Waals surface area (Å²) in [5.41, 5.74) is 1.75. The number of carbonyl (C=O) groups is 3. The van der Waals surface area contributed by atoms with Crippen LogP contribution in [-0.4, -0.2) is 26.1 Å². The first-order chi connectivity index (χ1) is 12.7. The molecule has 0 aliphatic carbocycles. The van der Waals surface area contributed by atoms with Crippen molar-refractivity contribution in [2.75, 3.05) is 4.90 Å². The van der Waals surface area contributed by atoms with Crippen LogP contribution in [-0.2, 0) is 19.6 Å². The van der Waals surface area contributed by atoms with Gasteiger partial charge in [0.05, 0.1) is 10.6 Å². The van der Waals surface area contributed by atoms with E-state index in [0.29, 0.717) is 11.3 Å². The Labute approximate surface area is 157 Å². The number of sulfonamides is 1. The van der Waals surface area contributed by atoms with Gasteiger partial charge in [-0.25, -0.2) is 13.1 Å². The molecule has 1 saturated heterocycles. The number of rotatable bonds is 4. The topological polar surface area (TPSA) is 101 Å². The van der Waals surface area contributed by atoms with Crippen molar-refractivity contribution in [1.29, 1.82) is 0 Å². The number of nitrogens with zero attached hydrogens (tertiary/aromatic N) is 1. The van der Waals surface area contributed by atoms with Gasteiger partial charge in [0.15, 0.2) is 0 Å². The molecule has 0 aromatic heterocycles. The Hall–Kier alpha value is -3.00. The van der Waals surface area contributed by atoms with E-state index in [4.69, 9.17) is 0 Å². The summed E-state index contributed by atoms with van der Waals surface area (Å²) in [6, 6.07) is 10.6. The van der Waals surface area contributed by atoms with E-state index in [1.165, 1.54) is 30.3 Å². The Kier molecular flexibility index (Phi) is 4.84. The van der Waals surface area contributed by atoms with E-state index in [2.05, 4.69) is 0 Å². The average molecular weight is 386 g/mol. The predicted molar refractivity (Wildman–Crippen MR) is 98.7 cm³/mol. The molecule has 1 N–H and O–H groups in total. The Morgan fingerprint density at radius 3 is 2.15 bits per heavy atom. The quantitative estimate of drug-likeness (QED) is 0.811. The lowest BCUT2D eigenvalue weighted by atomic mass is 10.2. The monoisotopic (exact) mass is 386 g/mol. The van der Waals surface area contributed by atoms with Gasteiger partial charge in [-0.15, -0.1) is 0 Å². The van der Waals surface area contributed by atoms with E-state index in [1.54, 1.807) is 26.0 Å². The number of carbonyl (C=O) groups excluding carboxylic acids is 3. The van der Waals surface area contributed by atoms with Gasteiger partial charge in [0.2, 0.25) is 11.8 Å². The molecule has 0 spiro atoms. The zero-order chi connectivity index (χ0) is 19.8. The first-order valence-electron chi connectivity index (χ1n) is 8.29. The molecule has 27 heavy (non-hydrogen) atoms. The molecule has 1 heterocycles. The molecule has 0 radical (unpaired) electrons. The Bertz CT molecular complexity index is 1030. The van der Waals surface area contributed by atoms with Gasteiger partial charge in [-0.3, -0.25) is 19.3 Å². The van der Waals surface area contributed by atoms with Crippen molar-refractivity contribution in [3.63, 3.8) is 0 Å². The minimum absolute atomic E-state index is 0.0423. The van der Waals surface area contributed by atoms with Crippen molar-refractivity contribution >= 4 is 33.4 Å². The fourth-order valence-electron chi connectivity index (χ4n) is 2.86. The second kappa shape index (κ2) is 6.96. The fourth-order valence-corrected chi connectivity index (χ4v) is 4.16. The SMILES string of the molecule is Cc1ccc(C)c(S(=O)(=O)NC(=O)c2ccc(N3C(=O)CCC3=O)cc2)c1. The van der Waals surface area contributed by atoms with E-state index in [1.807, 2.05) is 4.72 Å². The van der Waals surface area contributed by atoms with Crippen LogP contribution in [0.1, 0.15) is 34.3 Å². The van der Waals surface area contributed by atoms with Crippen LogP contribution in [0, 0.1) is 13.8 Å². The zero-order valence-electron chi connectivity index (χ0n) is 14.9. The van der Waals surface area contributed by atoms with E-state index in [9.17, 15) is 22.8 Å². The normalized spacial score (nSPS) is 14.5. The maximum absolute atomic E-state index is 12.5. The van der Waals surface area contributed by atoms with Crippen LogP contribution in [0.25, 0.3) is 0 Å². The summed E-state index contributed by atoms with van der Waals surface area (Å²) < 4.78 is 27.1. The lowest BCUT2D eigenvalue weighted by Gasteiger charge is -2.14. The van der Waals surface area contributed by atoms with Gasteiger partial charge in [0.25, 0.3) is 15.9 Å². The Balaban J connectivity index is 1.81. The second-order valence-electron chi connectivity index (χ2n) is 6.37. The number of hydrogen-bond donors (Lipinski definition) is 1. The molecule has 8 heteroatoms. The third kappa shape index (κ3) is 3.75. The first-order valence-corrected chi connectivity index (χ1v) is 9.77. The molecule has 0 saturated carbocycles. The van der Waals surface area contributed by atoms with Gasteiger partial charge in [-0.1, -0.05) is 12.1 Å². The summed E-state index contributed by atoms with van der Waals surface area (Å²) in [4.78, 5) is 37.0. The van der Waals surface area contributed by atoms with Crippen LogP contribution in [0.3, 0.4) is 0 Å². The van der Waals surface area contributed by atoms with E-state index in [-0.39, 0.29) is 35.1 Å². The summed E-state index contributed by atoms with van der Waals surface area (Å²) in [6.07, 6.45) is 0.324. The third-order valence-corrected chi connectivity index (χ3v) is 5.77. The molecule has 0 unspecified atom stereocenters. The van der Waals surface area contributed by atoms with Crippen LogP contribution in [0.4, 0.5) is 5.69 Å². The Morgan fingerprint density at radius 2 is 1.56 bits per heavy atom. The van der Waals surface area contributed by atoms with Gasteiger partial charge in [-0.2, -0.15) is 0 Å². The highest BCUT2D eigenvalue weighted by molar-refractivity contribution is 7.90. The lowest BCUT2D eigenvalue weighted by molar-refractivity contribution is -0.121.